The first kappa shape index (κ1) is 17.8. The van der Waals surface area contributed by atoms with Crippen molar-refractivity contribution in [3.8, 4) is 11.1 Å². The van der Waals surface area contributed by atoms with Gasteiger partial charge in [-0.05, 0) is 36.1 Å². The number of amides is 1. The van der Waals surface area contributed by atoms with E-state index < -0.39 is 24.3 Å². The average molecular weight is 369 g/mol. The van der Waals surface area contributed by atoms with Crippen LogP contribution in [-0.2, 0) is 9.53 Å². The number of para-hydroxylation sites is 1. The first-order valence-electron chi connectivity index (χ1n) is 7.90. The van der Waals surface area contributed by atoms with Gasteiger partial charge >= 0.3 is 5.97 Å². The maximum Gasteiger partial charge on any atom is 0.349 e. The Morgan fingerprint density at radius 2 is 1.81 bits per heavy atom. The highest BCUT2D eigenvalue weighted by Crippen LogP contribution is 2.29. The van der Waals surface area contributed by atoms with Gasteiger partial charge in [-0.2, -0.15) is 0 Å². The molecule has 0 radical (unpaired) electrons. The number of halogens is 1. The minimum absolute atomic E-state index is 0.0463. The second-order valence-electron chi connectivity index (χ2n) is 5.63. The van der Waals surface area contributed by atoms with Gasteiger partial charge in [-0.25, -0.2) is 9.18 Å². The molecule has 0 saturated heterocycles. The lowest BCUT2D eigenvalue weighted by Crippen LogP contribution is -2.21. The molecule has 0 atom stereocenters. The fourth-order valence-corrected chi connectivity index (χ4v) is 3.18. The lowest BCUT2D eigenvalue weighted by molar-refractivity contribution is -0.119. The van der Waals surface area contributed by atoms with E-state index in [1.807, 2.05) is 37.3 Å². The number of carbonyl (C=O) groups is 2. The van der Waals surface area contributed by atoms with Crippen LogP contribution in [0.1, 0.15) is 15.2 Å². The van der Waals surface area contributed by atoms with E-state index >= 15 is 0 Å². The van der Waals surface area contributed by atoms with Crippen molar-refractivity contribution in [1.29, 1.82) is 0 Å². The predicted octanol–water partition coefficient (Wildman–Crippen LogP) is 4.66. The molecule has 0 aliphatic rings. The summed E-state index contributed by atoms with van der Waals surface area (Å²) >= 11 is 1.25. The summed E-state index contributed by atoms with van der Waals surface area (Å²) in [6.07, 6.45) is 0. The number of hydrogen-bond acceptors (Lipinski definition) is 4. The van der Waals surface area contributed by atoms with Crippen LogP contribution in [0, 0.1) is 12.7 Å². The van der Waals surface area contributed by atoms with E-state index in [-0.39, 0.29) is 5.69 Å². The number of thiophene rings is 1. The summed E-state index contributed by atoms with van der Waals surface area (Å²) in [4.78, 5) is 24.6. The summed E-state index contributed by atoms with van der Waals surface area (Å²) in [6.45, 7) is 1.50. The normalized spacial score (nSPS) is 10.4. The summed E-state index contributed by atoms with van der Waals surface area (Å²) in [5, 5.41) is 4.17. The zero-order chi connectivity index (χ0) is 18.5. The highest BCUT2D eigenvalue weighted by Gasteiger charge is 2.17. The molecule has 1 N–H and O–H groups in total. The second kappa shape index (κ2) is 7.93. The first-order valence-corrected chi connectivity index (χ1v) is 8.78. The van der Waals surface area contributed by atoms with Crippen molar-refractivity contribution in [3.05, 3.63) is 76.2 Å². The molecule has 0 spiro atoms. The van der Waals surface area contributed by atoms with Crippen LogP contribution in [0.3, 0.4) is 0 Å². The fraction of sp³-hybridized carbons (Fsp3) is 0.100. The van der Waals surface area contributed by atoms with Crippen molar-refractivity contribution >= 4 is 28.9 Å². The highest BCUT2D eigenvalue weighted by atomic mass is 32.1. The topological polar surface area (TPSA) is 55.4 Å². The molecule has 132 valence electrons. The Bertz CT molecular complexity index is 934. The molecular formula is C20H16FNO3S. The van der Waals surface area contributed by atoms with Crippen LogP contribution in [0.5, 0.6) is 0 Å². The molecule has 2 aromatic carbocycles. The van der Waals surface area contributed by atoms with Gasteiger partial charge in [-0.15, -0.1) is 11.3 Å². The van der Waals surface area contributed by atoms with Crippen LogP contribution in [0.15, 0.2) is 60.0 Å². The predicted molar refractivity (Wildman–Crippen MR) is 99.8 cm³/mol. The monoisotopic (exact) mass is 369 g/mol. The molecule has 0 bridgehead atoms. The molecule has 0 aliphatic heterocycles. The molecule has 0 fully saturated rings. The smallest absolute Gasteiger partial charge is 0.349 e. The van der Waals surface area contributed by atoms with Crippen LogP contribution in [0.2, 0.25) is 0 Å². The van der Waals surface area contributed by atoms with Gasteiger partial charge < -0.3 is 10.1 Å². The Balaban J connectivity index is 1.64. The molecule has 1 aromatic heterocycles. The van der Waals surface area contributed by atoms with Crippen LogP contribution in [-0.4, -0.2) is 18.5 Å². The van der Waals surface area contributed by atoms with Gasteiger partial charge in [-0.3, -0.25) is 4.79 Å². The van der Waals surface area contributed by atoms with Crippen LogP contribution >= 0.6 is 11.3 Å². The van der Waals surface area contributed by atoms with E-state index in [1.165, 1.54) is 29.5 Å². The van der Waals surface area contributed by atoms with Crippen molar-refractivity contribution in [2.45, 2.75) is 6.92 Å². The van der Waals surface area contributed by atoms with Crippen LogP contribution in [0.25, 0.3) is 11.1 Å². The number of anilines is 1. The molecular weight excluding hydrogens is 353 g/mol. The third-order valence-electron chi connectivity index (χ3n) is 3.70. The molecule has 1 heterocycles. The quantitative estimate of drug-likeness (QED) is 0.666. The van der Waals surface area contributed by atoms with Gasteiger partial charge in [0.05, 0.1) is 5.69 Å². The molecule has 6 heteroatoms. The number of benzene rings is 2. The van der Waals surface area contributed by atoms with Gasteiger partial charge in [0, 0.05) is 5.56 Å². The maximum absolute atomic E-state index is 13.5. The van der Waals surface area contributed by atoms with E-state index in [0.29, 0.717) is 4.88 Å². The third-order valence-corrected chi connectivity index (χ3v) is 4.59. The van der Waals surface area contributed by atoms with Gasteiger partial charge in [-0.1, -0.05) is 42.0 Å². The molecule has 0 unspecified atom stereocenters. The van der Waals surface area contributed by atoms with E-state index in [4.69, 9.17) is 4.74 Å². The SMILES string of the molecule is Cc1ccc(-c2ccsc2C(=O)OCC(=O)Nc2ccccc2F)cc1. The number of aryl methyl sites for hydroxylation is 1. The van der Waals surface area contributed by atoms with E-state index in [1.54, 1.807) is 11.4 Å². The fourth-order valence-electron chi connectivity index (χ4n) is 2.37. The highest BCUT2D eigenvalue weighted by molar-refractivity contribution is 7.12. The van der Waals surface area contributed by atoms with E-state index in [2.05, 4.69) is 5.32 Å². The van der Waals surface area contributed by atoms with E-state index in [9.17, 15) is 14.0 Å². The average Bonchev–Trinajstić information content (AvgIpc) is 3.12. The Morgan fingerprint density at radius 3 is 2.54 bits per heavy atom. The molecule has 1 amide bonds. The summed E-state index contributed by atoms with van der Waals surface area (Å²) in [7, 11) is 0. The molecule has 4 nitrogen and oxygen atoms in total. The van der Waals surface area contributed by atoms with E-state index in [0.717, 1.165) is 16.7 Å². The lowest BCUT2D eigenvalue weighted by Gasteiger charge is -2.08. The molecule has 0 saturated carbocycles. The van der Waals surface area contributed by atoms with Crippen molar-refractivity contribution in [3.63, 3.8) is 0 Å². The number of nitrogens with one attached hydrogen (secondary N) is 1. The van der Waals surface area contributed by atoms with Crippen molar-refractivity contribution in [2.75, 3.05) is 11.9 Å². The lowest BCUT2D eigenvalue weighted by atomic mass is 10.1. The first-order chi connectivity index (χ1) is 12.5. The second-order valence-corrected chi connectivity index (χ2v) is 6.55. The summed E-state index contributed by atoms with van der Waals surface area (Å²) in [5.41, 5.74) is 2.83. The summed E-state index contributed by atoms with van der Waals surface area (Å²) in [5.74, 6) is -1.73. The van der Waals surface area contributed by atoms with Gasteiger partial charge in [0.2, 0.25) is 0 Å². The number of carbonyl (C=O) groups excluding carboxylic acids is 2. The van der Waals surface area contributed by atoms with Gasteiger partial charge in [0.25, 0.3) is 5.91 Å². The van der Waals surface area contributed by atoms with Crippen molar-refractivity contribution < 1.29 is 18.7 Å². The number of rotatable bonds is 5. The summed E-state index contributed by atoms with van der Waals surface area (Å²) in [6, 6.07) is 15.4. The molecule has 26 heavy (non-hydrogen) atoms. The van der Waals surface area contributed by atoms with Crippen molar-refractivity contribution in [1.82, 2.24) is 0 Å². The molecule has 0 aliphatic carbocycles. The Hall–Kier alpha value is -2.99. The summed E-state index contributed by atoms with van der Waals surface area (Å²) < 4.78 is 18.6. The van der Waals surface area contributed by atoms with Crippen LogP contribution < -0.4 is 5.32 Å². The molecule has 3 aromatic rings. The van der Waals surface area contributed by atoms with Gasteiger partial charge in [0.1, 0.15) is 10.7 Å². The van der Waals surface area contributed by atoms with Crippen LogP contribution in [0.4, 0.5) is 10.1 Å². The third kappa shape index (κ3) is 4.15. The number of esters is 1. The zero-order valence-corrected chi connectivity index (χ0v) is 14.8. The Labute approximate surface area is 154 Å². The standard InChI is InChI=1S/C20H16FNO3S/c1-13-6-8-14(9-7-13)15-10-11-26-19(15)20(24)25-12-18(23)22-17-5-3-2-4-16(17)21/h2-11H,12H2,1H3,(H,22,23). The molecule has 3 rings (SSSR count). The van der Waals surface area contributed by atoms with Crippen molar-refractivity contribution in [2.24, 2.45) is 0 Å². The van der Waals surface area contributed by atoms with Gasteiger partial charge in [0.15, 0.2) is 6.61 Å². The minimum Gasteiger partial charge on any atom is -0.451 e. The number of ether oxygens (including phenoxy) is 1. The Morgan fingerprint density at radius 1 is 1.08 bits per heavy atom. The minimum atomic E-state index is -0.600. The maximum atomic E-state index is 13.5. The largest absolute Gasteiger partial charge is 0.451 e. The number of hydrogen-bond donors (Lipinski definition) is 1. The zero-order valence-electron chi connectivity index (χ0n) is 14.0. The Kier molecular flexibility index (Phi) is 5.43.